The molecule has 0 saturated carbocycles. The Morgan fingerprint density at radius 3 is 2.71 bits per heavy atom. The molecule has 0 aliphatic carbocycles. The molecule has 0 aliphatic rings. The van der Waals surface area contributed by atoms with Crippen LogP contribution in [-0.4, -0.2) is 22.5 Å². The van der Waals surface area contributed by atoms with E-state index in [0.29, 0.717) is 5.56 Å². The lowest BCUT2D eigenvalue weighted by atomic mass is 10.1. The van der Waals surface area contributed by atoms with Crippen LogP contribution in [0.15, 0.2) is 70.0 Å². The fourth-order valence-electron chi connectivity index (χ4n) is 2.26. The third-order valence-corrected chi connectivity index (χ3v) is 3.96. The number of benzene rings is 1. The molecule has 3 rings (SSSR count). The Kier molecular flexibility index (Phi) is 5.08. The zero-order chi connectivity index (χ0) is 16.9. The molecule has 0 fully saturated rings. The fourth-order valence-corrected chi connectivity index (χ4v) is 2.62. The van der Waals surface area contributed by atoms with Crippen molar-refractivity contribution in [2.45, 2.75) is 6.10 Å². The molecule has 6 heteroatoms. The number of pyridine rings is 1. The van der Waals surface area contributed by atoms with Crippen molar-refractivity contribution in [2.75, 3.05) is 6.54 Å². The van der Waals surface area contributed by atoms with Crippen molar-refractivity contribution < 1.29 is 14.3 Å². The second-order valence-electron chi connectivity index (χ2n) is 5.22. The molecule has 2 N–H and O–H groups in total. The monoisotopic (exact) mass is 386 g/mol. The van der Waals surface area contributed by atoms with E-state index in [-0.39, 0.29) is 12.5 Å². The quantitative estimate of drug-likeness (QED) is 0.702. The maximum atomic E-state index is 12.0. The number of carbonyl (C=O) groups is 1. The van der Waals surface area contributed by atoms with Gasteiger partial charge < -0.3 is 14.8 Å². The van der Waals surface area contributed by atoms with Crippen LogP contribution < -0.4 is 5.32 Å². The van der Waals surface area contributed by atoms with Crippen molar-refractivity contribution in [3.05, 3.63) is 76.7 Å². The van der Waals surface area contributed by atoms with Gasteiger partial charge in [0.25, 0.3) is 5.91 Å². The average Bonchev–Trinajstić information content (AvgIpc) is 3.14. The van der Waals surface area contributed by atoms with E-state index in [0.717, 1.165) is 21.4 Å². The number of aliphatic hydroxyl groups is 1. The number of hydrogen-bond donors (Lipinski definition) is 2. The number of nitrogens with zero attached hydrogens (tertiary/aromatic N) is 1. The Bertz CT molecular complexity index is 817. The van der Waals surface area contributed by atoms with E-state index in [1.807, 2.05) is 36.4 Å². The number of rotatable bonds is 5. The maximum absolute atomic E-state index is 12.0. The molecule has 1 aromatic carbocycles. The van der Waals surface area contributed by atoms with Crippen LogP contribution in [0.1, 0.15) is 22.0 Å². The zero-order valence-electron chi connectivity index (χ0n) is 12.6. The van der Waals surface area contributed by atoms with Crippen LogP contribution in [0, 0.1) is 0 Å². The predicted molar refractivity (Wildman–Crippen MR) is 93.4 cm³/mol. The van der Waals surface area contributed by atoms with E-state index in [2.05, 4.69) is 26.2 Å². The van der Waals surface area contributed by atoms with Gasteiger partial charge in [0.1, 0.15) is 5.76 Å². The van der Waals surface area contributed by atoms with Gasteiger partial charge in [-0.25, -0.2) is 0 Å². The van der Waals surface area contributed by atoms with Gasteiger partial charge in [-0.1, -0.05) is 24.3 Å². The van der Waals surface area contributed by atoms with Gasteiger partial charge in [-0.3, -0.25) is 9.78 Å². The number of hydrogen-bond acceptors (Lipinski definition) is 4. The summed E-state index contributed by atoms with van der Waals surface area (Å²) in [5.41, 5.74) is 2.09. The van der Waals surface area contributed by atoms with Gasteiger partial charge >= 0.3 is 0 Å². The van der Waals surface area contributed by atoms with E-state index in [1.54, 1.807) is 18.5 Å². The molecule has 0 aliphatic heterocycles. The van der Waals surface area contributed by atoms with Crippen molar-refractivity contribution in [2.24, 2.45) is 0 Å². The Hall–Kier alpha value is -2.44. The van der Waals surface area contributed by atoms with Crippen LogP contribution in [-0.2, 0) is 0 Å². The first-order valence-corrected chi connectivity index (χ1v) is 8.13. The van der Waals surface area contributed by atoms with Gasteiger partial charge in [0.15, 0.2) is 0 Å². The first-order chi connectivity index (χ1) is 11.6. The molecular weight excluding hydrogens is 372 g/mol. The second kappa shape index (κ2) is 7.42. The topological polar surface area (TPSA) is 75.4 Å². The molecule has 0 saturated heterocycles. The number of halogens is 1. The Balaban J connectivity index is 1.60. The van der Waals surface area contributed by atoms with E-state index in [9.17, 15) is 9.90 Å². The van der Waals surface area contributed by atoms with Gasteiger partial charge in [-0.15, -0.1) is 0 Å². The zero-order valence-corrected chi connectivity index (χ0v) is 14.2. The lowest BCUT2D eigenvalue weighted by molar-refractivity contribution is 0.0916. The maximum Gasteiger partial charge on any atom is 0.252 e. The molecule has 1 atom stereocenters. The highest BCUT2D eigenvalue weighted by molar-refractivity contribution is 9.10. The number of nitrogens with one attached hydrogen (secondary N) is 1. The summed E-state index contributed by atoms with van der Waals surface area (Å²) in [6, 6.07) is 12.7. The summed E-state index contributed by atoms with van der Waals surface area (Å²) in [4.78, 5) is 16.0. The summed E-state index contributed by atoms with van der Waals surface area (Å²) >= 11 is 3.27. The van der Waals surface area contributed by atoms with Crippen LogP contribution in [0.2, 0.25) is 0 Å². The third kappa shape index (κ3) is 3.90. The number of amides is 1. The second-order valence-corrected chi connectivity index (χ2v) is 6.13. The average molecular weight is 387 g/mol. The van der Waals surface area contributed by atoms with Crippen LogP contribution in [0.3, 0.4) is 0 Å². The van der Waals surface area contributed by atoms with Gasteiger partial charge in [-0.05, 0) is 39.7 Å². The summed E-state index contributed by atoms with van der Waals surface area (Å²) in [7, 11) is 0. The smallest absolute Gasteiger partial charge is 0.252 e. The number of aromatic nitrogens is 1. The lowest BCUT2D eigenvalue weighted by Crippen LogP contribution is -2.28. The highest BCUT2D eigenvalue weighted by Crippen LogP contribution is 2.22. The standard InChI is InChI=1S/C18H15BrN2O3/c19-15-8-14(9-20-10-15)18(23)21-11-16(22)12-3-5-13(6-4-12)17-2-1-7-24-17/h1-10,16,22H,11H2,(H,21,23)/t16-/m1/s1. The summed E-state index contributed by atoms with van der Waals surface area (Å²) in [5, 5.41) is 12.9. The first-order valence-electron chi connectivity index (χ1n) is 7.34. The Morgan fingerprint density at radius 2 is 2.04 bits per heavy atom. The molecule has 1 amide bonds. The molecule has 0 bridgehead atoms. The first kappa shape index (κ1) is 16.4. The molecule has 122 valence electrons. The van der Waals surface area contributed by atoms with Gasteiger partial charge in [-0.2, -0.15) is 0 Å². The van der Waals surface area contributed by atoms with E-state index < -0.39 is 6.10 Å². The van der Waals surface area contributed by atoms with Crippen LogP contribution in [0.4, 0.5) is 0 Å². The predicted octanol–water partition coefficient (Wildman–Crippen LogP) is 3.57. The SMILES string of the molecule is O=C(NC[C@@H](O)c1ccc(-c2ccco2)cc1)c1cncc(Br)c1. The molecule has 2 heterocycles. The Labute approximate surface area is 147 Å². The van der Waals surface area contributed by atoms with Crippen molar-refractivity contribution in [1.29, 1.82) is 0 Å². The molecule has 0 radical (unpaired) electrons. The molecule has 5 nitrogen and oxygen atoms in total. The van der Waals surface area contributed by atoms with Crippen molar-refractivity contribution in [3.8, 4) is 11.3 Å². The van der Waals surface area contributed by atoms with E-state index in [1.165, 1.54) is 6.20 Å². The lowest BCUT2D eigenvalue weighted by Gasteiger charge is -2.13. The normalized spacial score (nSPS) is 11.9. The molecule has 2 aromatic heterocycles. The van der Waals surface area contributed by atoms with Gasteiger partial charge in [0.2, 0.25) is 0 Å². The van der Waals surface area contributed by atoms with Gasteiger partial charge in [0.05, 0.1) is 17.9 Å². The molecule has 3 aromatic rings. The molecule has 24 heavy (non-hydrogen) atoms. The minimum Gasteiger partial charge on any atom is -0.464 e. The van der Waals surface area contributed by atoms with Crippen LogP contribution >= 0.6 is 15.9 Å². The summed E-state index contributed by atoms with van der Waals surface area (Å²) < 4.78 is 6.05. The van der Waals surface area contributed by atoms with Crippen molar-refractivity contribution in [1.82, 2.24) is 10.3 Å². The van der Waals surface area contributed by atoms with E-state index in [4.69, 9.17) is 4.42 Å². The summed E-state index contributed by atoms with van der Waals surface area (Å²) in [5.74, 6) is 0.488. The number of carbonyl (C=O) groups excluding carboxylic acids is 1. The van der Waals surface area contributed by atoms with Crippen LogP contribution in [0.5, 0.6) is 0 Å². The number of aliphatic hydroxyl groups excluding tert-OH is 1. The fraction of sp³-hybridized carbons (Fsp3) is 0.111. The highest BCUT2D eigenvalue weighted by Gasteiger charge is 2.12. The minimum absolute atomic E-state index is 0.117. The van der Waals surface area contributed by atoms with Crippen molar-refractivity contribution >= 4 is 21.8 Å². The summed E-state index contributed by atoms with van der Waals surface area (Å²) in [6.07, 6.45) is 3.90. The number of furan rings is 1. The van der Waals surface area contributed by atoms with Crippen LogP contribution in [0.25, 0.3) is 11.3 Å². The third-order valence-electron chi connectivity index (χ3n) is 3.52. The largest absolute Gasteiger partial charge is 0.464 e. The molecular formula is C18H15BrN2O3. The van der Waals surface area contributed by atoms with Crippen molar-refractivity contribution in [3.63, 3.8) is 0 Å². The molecule has 0 unspecified atom stereocenters. The Morgan fingerprint density at radius 1 is 1.25 bits per heavy atom. The van der Waals surface area contributed by atoms with E-state index >= 15 is 0 Å². The molecule has 0 spiro atoms. The minimum atomic E-state index is -0.792. The summed E-state index contributed by atoms with van der Waals surface area (Å²) in [6.45, 7) is 0.117. The highest BCUT2D eigenvalue weighted by atomic mass is 79.9. The van der Waals surface area contributed by atoms with Gasteiger partial charge in [0, 0.05) is 29.0 Å².